The lowest BCUT2D eigenvalue weighted by Crippen LogP contribution is -2.38. The van der Waals surface area contributed by atoms with Crippen molar-refractivity contribution < 1.29 is 0 Å². The molecule has 0 bridgehead atoms. The third-order valence-corrected chi connectivity index (χ3v) is 4.09. The van der Waals surface area contributed by atoms with E-state index >= 15 is 0 Å². The van der Waals surface area contributed by atoms with Gasteiger partial charge >= 0.3 is 0 Å². The molecule has 1 heterocycles. The Hall–Kier alpha value is -0.0400. The van der Waals surface area contributed by atoms with Gasteiger partial charge in [-0.15, -0.1) is 0 Å². The van der Waals surface area contributed by atoms with Crippen LogP contribution >= 0.6 is 0 Å². The first-order valence-corrected chi connectivity index (χ1v) is 5.52. The maximum atomic E-state index is 3.46. The van der Waals surface area contributed by atoms with Crippen LogP contribution in [-0.4, -0.2) is 13.1 Å². The van der Waals surface area contributed by atoms with E-state index in [1.807, 2.05) is 0 Å². The standard InChI is InChI=1S/C11H21N/c1-11(6-8-12-9-7-11)10-4-2-3-5-10/h10,12H,2-9H2,1H3. The van der Waals surface area contributed by atoms with Crippen LogP contribution in [0.2, 0.25) is 0 Å². The minimum absolute atomic E-state index is 0.696. The fourth-order valence-corrected chi connectivity index (χ4v) is 3.03. The molecule has 0 amide bonds. The highest BCUT2D eigenvalue weighted by molar-refractivity contribution is 4.88. The monoisotopic (exact) mass is 167 g/mol. The van der Waals surface area contributed by atoms with Gasteiger partial charge in [0.2, 0.25) is 0 Å². The van der Waals surface area contributed by atoms with E-state index < -0.39 is 0 Å². The van der Waals surface area contributed by atoms with Gasteiger partial charge in [-0.3, -0.25) is 0 Å². The molecule has 0 unspecified atom stereocenters. The first kappa shape index (κ1) is 8.55. The highest BCUT2D eigenvalue weighted by Gasteiger charge is 2.36. The average Bonchev–Trinajstić information content (AvgIpc) is 2.58. The van der Waals surface area contributed by atoms with E-state index in [1.165, 1.54) is 51.6 Å². The van der Waals surface area contributed by atoms with Crippen LogP contribution in [0.3, 0.4) is 0 Å². The van der Waals surface area contributed by atoms with Gasteiger partial charge in [0.1, 0.15) is 0 Å². The van der Waals surface area contributed by atoms with Gasteiger partial charge in [-0.05, 0) is 50.1 Å². The van der Waals surface area contributed by atoms with Crippen molar-refractivity contribution in [2.24, 2.45) is 11.3 Å². The van der Waals surface area contributed by atoms with Crippen molar-refractivity contribution in [3.63, 3.8) is 0 Å². The Morgan fingerprint density at radius 1 is 1.08 bits per heavy atom. The highest BCUT2D eigenvalue weighted by atomic mass is 14.9. The molecule has 2 rings (SSSR count). The Labute approximate surface area is 75.9 Å². The van der Waals surface area contributed by atoms with E-state index in [0.29, 0.717) is 5.41 Å². The maximum absolute atomic E-state index is 3.46. The van der Waals surface area contributed by atoms with E-state index in [-0.39, 0.29) is 0 Å². The molecule has 0 spiro atoms. The zero-order valence-corrected chi connectivity index (χ0v) is 8.23. The van der Waals surface area contributed by atoms with Crippen LogP contribution in [0.1, 0.15) is 45.4 Å². The van der Waals surface area contributed by atoms with Crippen LogP contribution in [0.4, 0.5) is 0 Å². The third-order valence-electron chi connectivity index (χ3n) is 4.09. The minimum Gasteiger partial charge on any atom is -0.317 e. The summed E-state index contributed by atoms with van der Waals surface area (Å²) in [7, 11) is 0. The fourth-order valence-electron chi connectivity index (χ4n) is 3.03. The molecular formula is C11H21N. The molecule has 1 N–H and O–H groups in total. The number of rotatable bonds is 1. The maximum Gasteiger partial charge on any atom is -0.00436 e. The van der Waals surface area contributed by atoms with Gasteiger partial charge in [0.25, 0.3) is 0 Å². The molecule has 1 heteroatoms. The largest absolute Gasteiger partial charge is 0.317 e. The van der Waals surface area contributed by atoms with Gasteiger partial charge < -0.3 is 5.32 Å². The molecule has 2 fully saturated rings. The molecule has 0 atom stereocenters. The molecule has 1 saturated carbocycles. The molecule has 2 aliphatic rings. The zero-order chi connectivity index (χ0) is 8.44. The smallest absolute Gasteiger partial charge is 0.00436 e. The normalized spacial score (nSPS) is 30.8. The van der Waals surface area contributed by atoms with E-state index in [2.05, 4.69) is 12.2 Å². The van der Waals surface area contributed by atoms with Crippen molar-refractivity contribution in [1.82, 2.24) is 5.32 Å². The molecule has 1 aliphatic carbocycles. The van der Waals surface area contributed by atoms with Crippen LogP contribution in [0, 0.1) is 11.3 Å². The summed E-state index contributed by atoms with van der Waals surface area (Å²) in [6.45, 7) is 5.03. The highest BCUT2D eigenvalue weighted by Crippen LogP contribution is 2.45. The van der Waals surface area contributed by atoms with Gasteiger partial charge in [-0.2, -0.15) is 0 Å². The molecule has 0 aromatic carbocycles. The minimum atomic E-state index is 0.696. The van der Waals surface area contributed by atoms with E-state index in [1.54, 1.807) is 0 Å². The van der Waals surface area contributed by atoms with E-state index in [4.69, 9.17) is 0 Å². The summed E-state index contributed by atoms with van der Waals surface area (Å²) in [4.78, 5) is 0. The van der Waals surface area contributed by atoms with E-state index in [0.717, 1.165) is 5.92 Å². The molecule has 1 nitrogen and oxygen atoms in total. The Balaban J connectivity index is 1.97. The lowest BCUT2D eigenvalue weighted by molar-refractivity contribution is 0.132. The predicted molar refractivity (Wildman–Crippen MR) is 52.2 cm³/mol. The SMILES string of the molecule is CC1(C2CCCC2)CCNCC1. The lowest BCUT2D eigenvalue weighted by Gasteiger charge is -2.39. The number of nitrogens with one attached hydrogen (secondary N) is 1. The second-order valence-corrected chi connectivity index (χ2v) is 4.89. The van der Waals surface area contributed by atoms with Crippen molar-refractivity contribution in [2.75, 3.05) is 13.1 Å². The quantitative estimate of drug-likeness (QED) is 0.633. The van der Waals surface area contributed by atoms with Gasteiger partial charge in [0, 0.05) is 0 Å². The second kappa shape index (κ2) is 3.37. The molecule has 12 heavy (non-hydrogen) atoms. The van der Waals surface area contributed by atoms with Gasteiger partial charge in [0.05, 0.1) is 0 Å². The van der Waals surface area contributed by atoms with Crippen molar-refractivity contribution in [1.29, 1.82) is 0 Å². The summed E-state index contributed by atoms with van der Waals surface area (Å²) >= 11 is 0. The summed E-state index contributed by atoms with van der Waals surface area (Å²) < 4.78 is 0. The Bertz CT molecular complexity index is 141. The molecule has 1 aliphatic heterocycles. The first-order valence-electron chi connectivity index (χ1n) is 5.52. The van der Waals surface area contributed by atoms with Crippen molar-refractivity contribution in [2.45, 2.75) is 45.4 Å². The zero-order valence-electron chi connectivity index (χ0n) is 8.23. The topological polar surface area (TPSA) is 12.0 Å². The molecule has 0 radical (unpaired) electrons. The molecule has 70 valence electrons. The van der Waals surface area contributed by atoms with E-state index in [9.17, 15) is 0 Å². The lowest BCUT2D eigenvalue weighted by atomic mass is 9.70. The Morgan fingerprint density at radius 3 is 2.25 bits per heavy atom. The van der Waals surface area contributed by atoms with Crippen LogP contribution in [0.15, 0.2) is 0 Å². The van der Waals surface area contributed by atoms with Crippen molar-refractivity contribution in [3.8, 4) is 0 Å². The van der Waals surface area contributed by atoms with Gasteiger partial charge in [0.15, 0.2) is 0 Å². The van der Waals surface area contributed by atoms with Crippen molar-refractivity contribution >= 4 is 0 Å². The first-order chi connectivity index (χ1) is 5.81. The Morgan fingerprint density at radius 2 is 1.67 bits per heavy atom. The van der Waals surface area contributed by atoms with Crippen LogP contribution in [-0.2, 0) is 0 Å². The van der Waals surface area contributed by atoms with Crippen LogP contribution < -0.4 is 5.32 Å². The summed E-state index contributed by atoms with van der Waals surface area (Å²) in [6, 6.07) is 0. The van der Waals surface area contributed by atoms with Crippen molar-refractivity contribution in [3.05, 3.63) is 0 Å². The summed E-state index contributed by atoms with van der Waals surface area (Å²) in [6.07, 6.45) is 8.84. The average molecular weight is 167 g/mol. The number of hydrogen-bond donors (Lipinski definition) is 1. The summed E-state index contributed by atoms with van der Waals surface area (Å²) in [5.41, 5.74) is 0.696. The summed E-state index contributed by atoms with van der Waals surface area (Å²) in [5, 5.41) is 3.46. The number of piperidine rings is 1. The fraction of sp³-hybridized carbons (Fsp3) is 1.00. The molecule has 0 aromatic rings. The molecular weight excluding hydrogens is 146 g/mol. The van der Waals surface area contributed by atoms with Gasteiger partial charge in [-0.1, -0.05) is 19.8 Å². The van der Waals surface area contributed by atoms with Gasteiger partial charge in [-0.25, -0.2) is 0 Å². The van der Waals surface area contributed by atoms with Crippen LogP contribution in [0.5, 0.6) is 0 Å². The third kappa shape index (κ3) is 1.52. The van der Waals surface area contributed by atoms with Crippen LogP contribution in [0.25, 0.3) is 0 Å². The second-order valence-electron chi connectivity index (χ2n) is 4.89. The molecule has 0 aromatic heterocycles. The predicted octanol–water partition coefficient (Wildman–Crippen LogP) is 2.57. The Kier molecular flexibility index (Phi) is 2.40. The number of hydrogen-bond acceptors (Lipinski definition) is 1. The summed E-state index contributed by atoms with van der Waals surface area (Å²) in [5.74, 6) is 1.06. The molecule has 1 saturated heterocycles.